The highest BCUT2D eigenvalue weighted by atomic mass is 16.3. The van der Waals surface area contributed by atoms with Gasteiger partial charge >= 0.3 is 6.03 Å². The fourth-order valence-corrected chi connectivity index (χ4v) is 1.28. The summed E-state index contributed by atoms with van der Waals surface area (Å²) in [5, 5.41) is 14.9. The summed E-state index contributed by atoms with van der Waals surface area (Å²) in [5.74, 6) is 0.208. The van der Waals surface area contributed by atoms with Crippen LogP contribution >= 0.6 is 0 Å². The Kier molecular flexibility index (Phi) is 5.42. The minimum atomic E-state index is -0.378. The van der Waals surface area contributed by atoms with Gasteiger partial charge in [-0.1, -0.05) is 13.8 Å². The summed E-state index contributed by atoms with van der Waals surface area (Å²) in [7, 11) is 0. The zero-order valence-corrected chi connectivity index (χ0v) is 10.2. The Bertz CT molecular complexity index is 341. The Morgan fingerprint density at radius 3 is 2.65 bits per heavy atom. The van der Waals surface area contributed by atoms with Gasteiger partial charge in [0.15, 0.2) is 0 Å². The lowest BCUT2D eigenvalue weighted by Crippen LogP contribution is -2.32. The van der Waals surface area contributed by atoms with Crippen molar-refractivity contribution < 1.29 is 9.90 Å². The van der Waals surface area contributed by atoms with Crippen LogP contribution in [0.4, 0.5) is 10.5 Å². The Morgan fingerprint density at radius 2 is 2.06 bits per heavy atom. The van der Waals surface area contributed by atoms with E-state index in [9.17, 15) is 9.90 Å². The molecule has 0 bridgehead atoms. The van der Waals surface area contributed by atoms with Crippen LogP contribution in [0.2, 0.25) is 0 Å². The van der Waals surface area contributed by atoms with Crippen LogP contribution in [-0.2, 0) is 0 Å². The molecule has 2 amide bonds. The van der Waals surface area contributed by atoms with Crippen molar-refractivity contribution >= 4 is 11.7 Å². The number of carbonyl (C=O) groups is 1. The molecule has 0 fully saturated rings. The lowest BCUT2D eigenvalue weighted by atomic mass is 10.0. The van der Waals surface area contributed by atoms with Crippen LogP contribution in [0.25, 0.3) is 0 Å². The number of hydrogen-bond donors (Lipinski definition) is 3. The van der Waals surface area contributed by atoms with E-state index in [1.807, 2.05) is 13.8 Å². The first-order chi connectivity index (χ1) is 8.09. The predicted octanol–water partition coefficient (Wildman–Crippen LogP) is 1.61. The van der Waals surface area contributed by atoms with Gasteiger partial charge in [0.05, 0.1) is 6.10 Å². The first kappa shape index (κ1) is 13.4. The van der Waals surface area contributed by atoms with E-state index in [1.54, 1.807) is 24.5 Å². The zero-order chi connectivity index (χ0) is 12.7. The molecule has 5 heteroatoms. The highest BCUT2D eigenvalue weighted by molar-refractivity contribution is 5.88. The molecule has 1 aromatic heterocycles. The number of urea groups is 1. The van der Waals surface area contributed by atoms with Crippen LogP contribution in [0.5, 0.6) is 0 Å². The number of aliphatic hydroxyl groups excluding tert-OH is 1. The molecule has 0 radical (unpaired) electrons. The molecule has 0 spiro atoms. The molecule has 0 aromatic carbocycles. The molecular weight excluding hydrogens is 218 g/mol. The number of nitrogens with zero attached hydrogens (tertiary/aromatic N) is 1. The Hall–Kier alpha value is -1.62. The van der Waals surface area contributed by atoms with Gasteiger partial charge in [-0.25, -0.2) is 4.79 Å². The number of pyridine rings is 1. The van der Waals surface area contributed by atoms with E-state index in [-0.39, 0.29) is 18.1 Å². The Labute approximate surface area is 101 Å². The molecule has 0 saturated heterocycles. The topological polar surface area (TPSA) is 74.2 Å². The van der Waals surface area contributed by atoms with Crippen LogP contribution in [0.1, 0.15) is 20.3 Å². The molecule has 1 heterocycles. The zero-order valence-electron chi connectivity index (χ0n) is 10.2. The highest BCUT2D eigenvalue weighted by Gasteiger charge is 2.09. The van der Waals surface area contributed by atoms with Crippen molar-refractivity contribution in [3.05, 3.63) is 24.5 Å². The number of carbonyl (C=O) groups excluding carboxylic acids is 1. The van der Waals surface area contributed by atoms with Gasteiger partial charge in [-0.05, 0) is 24.5 Å². The van der Waals surface area contributed by atoms with Crippen molar-refractivity contribution in [1.82, 2.24) is 10.3 Å². The molecule has 1 rings (SSSR count). The van der Waals surface area contributed by atoms with E-state index < -0.39 is 0 Å². The lowest BCUT2D eigenvalue weighted by molar-refractivity contribution is 0.117. The lowest BCUT2D eigenvalue weighted by Gasteiger charge is -2.14. The molecule has 0 saturated carbocycles. The van der Waals surface area contributed by atoms with Crippen LogP contribution in [-0.4, -0.2) is 28.8 Å². The molecule has 1 unspecified atom stereocenters. The van der Waals surface area contributed by atoms with E-state index in [1.165, 1.54) is 0 Å². The SMILES string of the molecule is CC(C)C(O)CCNC(=O)Nc1ccncc1. The quantitative estimate of drug-likeness (QED) is 0.728. The normalized spacial score (nSPS) is 12.2. The van der Waals surface area contributed by atoms with E-state index in [0.717, 1.165) is 0 Å². The second-order valence-electron chi connectivity index (χ2n) is 4.22. The average Bonchev–Trinajstić information content (AvgIpc) is 2.30. The molecule has 0 aliphatic heterocycles. The summed E-state index contributed by atoms with van der Waals surface area (Å²) in [5.41, 5.74) is 0.696. The standard InChI is InChI=1S/C12H19N3O2/c1-9(2)11(16)5-8-14-12(17)15-10-3-6-13-7-4-10/h3-4,6-7,9,11,16H,5,8H2,1-2H3,(H2,13,14,15,17). The van der Waals surface area contributed by atoms with Gasteiger partial charge in [-0.2, -0.15) is 0 Å². The van der Waals surface area contributed by atoms with Crippen LogP contribution < -0.4 is 10.6 Å². The summed E-state index contributed by atoms with van der Waals surface area (Å²) >= 11 is 0. The maximum atomic E-state index is 11.4. The number of anilines is 1. The number of amides is 2. The van der Waals surface area contributed by atoms with Crippen molar-refractivity contribution in [1.29, 1.82) is 0 Å². The molecule has 0 aliphatic rings. The van der Waals surface area contributed by atoms with E-state index in [2.05, 4.69) is 15.6 Å². The molecule has 3 N–H and O–H groups in total. The van der Waals surface area contributed by atoms with Gasteiger partial charge in [-0.15, -0.1) is 0 Å². The third-order valence-electron chi connectivity index (χ3n) is 2.43. The highest BCUT2D eigenvalue weighted by Crippen LogP contribution is 2.05. The third-order valence-corrected chi connectivity index (χ3v) is 2.43. The molecule has 1 atom stereocenters. The monoisotopic (exact) mass is 237 g/mol. The minimum absolute atomic E-state index is 0.208. The van der Waals surface area contributed by atoms with E-state index in [0.29, 0.717) is 18.7 Å². The smallest absolute Gasteiger partial charge is 0.319 e. The maximum Gasteiger partial charge on any atom is 0.319 e. The number of nitrogens with one attached hydrogen (secondary N) is 2. The average molecular weight is 237 g/mol. The number of hydrogen-bond acceptors (Lipinski definition) is 3. The number of rotatable bonds is 5. The predicted molar refractivity (Wildman–Crippen MR) is 66.7 cm³/mol. The molecule has 5 nitrogen and oxygen atoms in total. The second kappa shape index (κ2) is 6.85. The van der Waals surface area contributed by atoms with Crippen molar-refractivity contribution in [3.8, 4) is 0 Å². The van der Waals surface area contributed by atoms with Crippen LogP contribution in [0, 0.1) is 5.92 Å². The van der Waals surface area contributed by atoms with Gasteiger partial charge in [-0.3, -0.25) is 4.98 Å². The molecule has 94 valence electrons. The van der Waals surface area contributed by atoms with Crippen LogP contribution in [0.15, 0.2) is 24.5 Å². The molecule has 17 heavy (non-hydrogen) atoms. The van der Waals surface area contributed by atoms with Crippen LogP contribution in [0.3, 0.4) is 0 Å². The van der Waals surface area contributed by atoms with Crippen molar-refractivity contribution in [2.45, 2.75) is 26.4 Å². The van der Waals surface area contributed by atoms with E-state index >= 15 is 0 Å². The van der Waals surface area contributed by atoms with E-state index in [4.69, 9.17) is 0 Å². The van der Waals surface area contributed by atoms with Crippen molar-refractivity contribution in [2.24, 2.45) is 5.92 Å². The first-order valence-corrected chi connectivity index (χ1v) is 5.72. The molecular formula is C12H19N3O2. The molecule has 0 aliphatic carbocycles. The first-order valence-electron chi connectivity index (χ1n) is 5.72. The summed E-state index contributed by atoms with van der Waals surface area (Å²) in [4.78, 5) is 15.3. The van der Waals surface area contributed by atoms with Gasteiger partial charge in [0, 0.05) is 24.6 Å². The summed E-state index contributed by atoms with van der Waals surface area (Å²) in [6.45, 7) is 4.35. The largest absolute Gasteiger partial charge is 0.393 e. The van der Waals surface area contributed by atoms with Crippen molar-refractivity contribution in [2.75, 3.05) is 11.9 Å². The van der Waals surface area contributed by atoms with Gasteiger partial charge in [0.25, 0.3) is 0 Å². The third kappa shape index (κ3) is 5.31. The Morgan fingerprint density at radius 1 is 1.41 bits per heavy atom. The second-order valence-corrected chi connectivity index (χ2v) is 4.22. The molecule has 1 aromatic rings. The van der Waals surface area contributed by atoms with Gasteiger partial charge in [0.2, 0.25) is 0 Å². The van der Waals surface area contributed by atoms with Gasteiger partial charge in [0.1, 0.15) is 0 Å². The van der Waals surface area contributed by atoms with Crippen molar-refractivity contribution in [3.63, 3.8) is 0 Å². The number of aromatic nitrogens is 1. The maximum absolute atomic E-state index is 11.4. The summed E-state index contributed by atoms with van der Waals surface area (Å²) in [6, 6.07) is 3.15. The summed E-state index contributed by atoms with van der Waals surface area (Å²) < 4.78 is 0. The fraction of sp³-hybridized carbons (Fsp3) is 0.500. The summed E-state index contributed by atoms with van der Waals surface area (Å²) in [6.07, 6.45) is 3.40. The Balaban J connectivity index is 2.22. The number of aliphatic hydroxyl groups is 1. The fourth-order valence-electron chi connectivity index (χ4n) is 1.28. The minimum Gasteiger partial charge on any atom is -0.393 e. The van der Waals surface area contributed by atoms with Gasteiger partial charge < -0.3 is 15.7 Å².